The smallest absolute Gasteiger partial charge is 0.741 e. The molecule has 0 aliphatic heterocycles. The Balaban J connectivity index is 0.00000484. The number of hydrogen-bond acceptors (Lipinski definition) is 7. The maximum absolute atomic E-state index is 5.09. The first-order valence-electron chi connectivity index (χ1n) is 6.56. The van der Waals surface area contributed by atoms with Crippen LogP contribution in [-0.2, 0) is 47.1 Å². The van der Waals surface area contributed by atoms with Gasteiger partial charge >= 0.3 is 17.1 Å². The molecule has 6 nitrogen and oxygen atoms in total. The number of benzene rings is 1. The Kier molecular flexibility index (Phi) is 11.2. The molecule has 1 radical (unpaired) electrons. The normalized spacial score (nSPS) is 13.3. The minimum absolute atomic E-state index is 0. The summed E-state index contributed by atoms with van der Waals surface area (Å²) in [7, 11) is 1.68. The molecule has 1 N–H and O–H groups in total. The van der Waals surface area contributed by atoms with Crippen LogP contribution in [0, 0.1) is 0 Å². The second kappa shape index (κ2) is 12.0. The van der Waals surface area contributed by atoms with Gasteiger partial charge in [-0.2, -0.15) is 10.2 Å². The minimum atomic E-state index is 0. The summed E-state index contributed by atoms with van der Waals surface area (Å²) in [5, 5.41) is 19.0. The molecule has 9 heteroatoms. The molecule has 0 bridgehead atoms. The standard InChI is InChI=1S/C14H19N5OS2.Cu/c1-4-20-14(22)19-17-12(11-8-6-5-7-9-11)10(2)16-18-13(21)15-3;/h5-9H,4H2,1-3H3,(H,19,22)(H2,15,18,21);/q;+2/p-2/b16-10+,17-12-;. The van der Waals surface area contributed by atoms with Gasteiger partial charge < -0.3 is 35.3 Å². The van der Waals surface area contributed by atoms with E-state index in [9.17, 15) is 0 Å². The third kappa shape index (κ3) is 8.03. The molecule has 1 aromatic rings. The third-order valence-electron chi connectivity index (χ3n) is 2.39. The molecule has 0 saturated carbocycles. The van der Waals surface area contributed by atoms with Crippen molar-refractivity contribution >= 4 is 47.1 Å². The van der Waals surface area contributed by atoms with Gasteiger partial charge in [0.15, 0.2) is 0 Å². The van der Waals surface area contributed by atoms with E-state index in [1.807, 2.05) is 37.3 Å². The van der Waals surface area contributed by atoms with E-state index in [1.165, 1.54) is 0 Å². The molecule has 0 spiro atoms. The third-order valence-corrected chi connectivity index (χ3v) is 2.88. The van der Waals surface area contributed by atoms with Gasteiger partial charge in [0.2, 0.25) is 0 Å². The van der Waals surface area contributed by atoms with Crippen LogP contribution >= 0.6 is 0 Å². The van der Waals surface area contributed by atoms with Crippen LogP contribution in [0.2, 0.25) is 0 Å². The van der Waals surface area contributed by atoms with Crippen LogP contribution in [-0.4, -0.2) is 35.5 Å². The Morgan fingerprint density at radius 1 is 1.09 bits per heavy atom. The summed E-state index contributed by atoms with van der Waals surface area (Å²) in [6.45, 7) is 4.04. The van der Waals surface area contributed by atoms with Gasteiger partial charge in [0, 0.05) is 12.6 Å². The zero-order chi connectivity index (χ0) is 16.4. The van der Waals surface area contributed by atoms with E-state index in [0.29, 0.717) is 18.0 Å². The molecule has 1 aromatic carbocycles. The van der Waals surface area contributed by atoms with Gasteiger partial charge in [0.05, 0.1) is 17.5 Å². The Morgan fingerprint density at radius 3 is 2.30 bits per heavy atom. The van der Waals surface area contributed by atoms with Crippen molar-refractivity contribution in [3.63, 3.8) is 0 Å². The van der Waals surface area contributed by atoms with Gasteiger partial charge in [-0.3, -0.25) is 0 Å². The van der Waals surface area contributed by atoms with Crippen LogP contribution < -0.4 is 5.32 Å². The SMILES string of the molecule is CCO/C([S-])=N/N=C(/C(C)=N/N=C(\[S-])NC)c1ccccc1.[Cu+2]. The molecule has 23 heavy (non-hydrogen) atoms. The van der Waals surface area contributed by atoms with E-state index in [1.54, 1.807) is 14.0 Å². The predicted molar refractivity (Wildman–Crippen MR) is 96.4 cm³/mol. The zero-order valence-electron chi connectivity index (χ0n) is 12.9. The molecule has 0 fully saturated rings. The molecule has 0 heterocycles. The first kappa shape index (κ1) is 21.5. The van der Waals surface area contributed by atoms with Gasteiger partial charge in [0.1, 0.15) is 5.71 Å². The maximum Gasteiger partial charge on any atom is 2.00 e. The first-order chi connectivity index (χ1) is 10.6. The van der Waals surface area contributed by atoms with Gasteiger partial charge in [-0.15, -0.1) is 10.2 Å². The molecule has 0 aliphatic rings. The summed E-state index contributed by atoms with van der Waals surface area (Å²) in [6, 6.07) is 9.50. The summed E-state index contributed by atoms with van der Waals surface area (Å²) in [5.41, 5.74) is 1.95. The van der Waals surface area contributed by atoms with Crippen molar-refractivity contribution in [3.05, 3.63) is 35.9 Å². The summed E-state index contributed by atoms with van der Waals surface area (Å²) in [4.78, 5) is 0. The molecule has 0 aliphatic carbocycles. The number of amidine groups is 1. The van der Waals surface area contributed by atoms with Crippen molar-refractivity contribution in [2.24, 2.45) is 20.4 Å². The van der Waals surface area contributed by atoms with E-state index in [-0.39, 0.29) is 27.5 Å². The van der Waals surface area contributed by atoms with Crippen LogP contribution in [0.1, 0.15) is 19.4 Å². The molecule has 0 aromatic heterocycles. The average Bonchev–Trinajstić information content (AvgIpc) is 2.54. The van der Waals surface area contributed by atoms with Crippen LogP contribution in [0.3, 0.4) is 0 Å². The van der Waals surface area contributed by atoms with Crippen molar-refractivity contribution in [1.29, 1.82) is 0 Å². The van der Waals surface area contributed by atoms with Crippen molar-refractivity contribution in [2.75, 3.05) is 13.7 Å². The Labute approximate surface area is 157 Å². The van der Waals surface area contributed by atoms with Gasteiger partial charge in [-0.1, -0.05) is 30.3 Å². The Bertz CT molecular complexity index is 602. The van der Waals surface area contributed by atoms with E-state index < -0.39 is 0 Å². The van der Waals surface area contributed by atoms with Crippen LogP contribution in [0.4, 0.5) is 0 Å². The van der Waals surface area contributed by atoms with Crippen molar-refractivity contribution in [2.45, 2.75) is 13.8 Å². The summed E-state index contributed by atoms with van der Waals surface area (Å²) in [6.07, 6.45) is 0. The van der Waals surface area contributed by atoms with Crippen LogP contribution in [0.25, 0.3) is 0 Å². The van der Waals surface area contributed by atoms with E-state index >= 15 is 0 Å². The second-order valence-corrected chi connectivity index (χ2v) is 4.69. The first-order valence-corrected chi connectivity index (χ1v) is 7.38. The fraction of sp³-hybridized carbons (Fsp3) is 0.286. The van der Waals surface area contributed by atoms with Gasteiger partial charge in [-0.25, -0.2) is 0 Å². The zero-order valence-corrected chi connectivity index (χ0v) is 15.5. The van der Waals surface area contributed by atoms with Crippen molar-refractivity contribution in [1.82, 2.24) is 5.32 Å². The number of nitrogens with zero attached hydrogens (tertiary/aromatic N) is 4. The molecular weight excluding hydrogens is 382 g/mol. The van der Waals surface area contributed by atoms with E-state index in [4.69, 9.17) is 30.0 Å². The minimum Gasteiger partial charge on any atom is -0.741 e. The number of nitrogens with one attached hydrogen (secondary N) is 1. The molecule has 127 valence electrons. The van der Waals surface area contributed by atoms with Gasteiger partial charge in [-0.05, 0) is 19.0 Å². The predicted octanol–water partition coefficient (Wildman–Crippen LogP) is 1.83. The topological polar surface area (TPSA) is 70.7 Å². The van der Waals surface area contributed by atoms with Crippen LogP contribution in [0.15, 0.2) is 50.7 Å². The number of hydrogen-bond donors (Lipinski definition) is 1. The Hall–Kier alpha value is -1.54. The van der Waals surface area contributed by atoms with Crippen molar-refractivity contribution < 1.29 is 21.8 Å². The molecule has 0 amide bonds. The largest absolute Gasteiger partial charge is 2.00 e. The second-order valence-electron chi connectivity index (χ2n) is 3.95. The molecule has 0 saturated heterocycles. The summed E-state index contributed by atoms with van der Waals surface area (Å²) in [5.74, 6) is 0. The number of ether oxygens (including phenoxy) is 1. The van der Waals surface area contributed by atoms with E-state index in [0.717, 1.165) is 5.56 Å². The summed E-state index contributed by atoms with van der Waals surface area (Å²) >= 11 is 9.87. The quantitative estimate of drug-likeness (QED) is 0.270. The fourth-order valence-corrected chi connectivity index (χ4v) is 1.60. The molecule has 1 rings (SSSR count). The average molecular weight is 399 g/mol. The Morgan fingerprint density at radius 2 is 1.74 bits per heavy atom. The fourth-order valence-electron chi connectivity index (χ4n) is 1.40. The molecule has 0 unspecified atom stereocenters. The monoisotopic (exact) mass is 398 g/mol. The molecular formula is C14H17CuN5OS2. The van der Waals surface area contributed by atoms with E-state index in [2.05, 4.69) is 25.7 Å². The summed E-state index contributed by atoms with van der Waals surface area (Å²) < 4.78 is 5.09. The van der Waals surface area contributed by atoms with Gasteiger partial charge in [0.25, 0.3) is 0 Å². The maximum atomic E-state index is 5.09. The number of rotatable bonds is 5. The molecule has 0 atom stereocenters. The van der Waals surface area contributed by atoms with Crippen LogP contribution in [0.5, 0.6) is 0 Å². The van der Waals surface area contributed by atoms with Crippen molar-refractivity contribution in [3.8, 4) is 0 Å².